The van der Waals surface area contributed by atoms with Crippen LogP contribution in [0.5, 0.6) is 0 Å². The van der Waals surface area contributed by atoms with Crippen LogP contribution >= 0.6 is 11.6 Å². The Morgan fingerprint density at radius 2 is 1.71 bits per heavy atom. The van der Waals surface area contributed by atoms with Gasteiger partial charge in [0.25, 0.3) is 0 Å². The third-order valence-corrected chi connectivity index (χ3v) is 2.95. The summed E-state index contributed by atoms with van der Waals surface area (Å²) in [6.45, 7) is 0. The van der Waals surface area contributed by atoms with Gasteiger partial charge in [0.05, 0.1) is 16.2 Å². The van der Waals surface area contributed by atoms with Crippen molar-refractivity contribution in [2.45, 2.75) is 0 Å². The summed E-state index contributed by atoms with van der Waals surface area (Å²) in [5.41, 5.74) is 2.79. The van der Waals surface area contributed by atoms with Crippen molar-refractivity contribution in [3.05, 3.63) is 59.9 Å². The summed E-state index contributed by atoms with van der Waals surface area (Å²) in [6.07, 6.45) is 3.52. The third-order valence-electron chi connectivity index (χ3n) is 2.65. The van der Waals surface area contributed by atoms with Gasteiger partial charge < -0.3 is 0 Å². The third kappa shape index (κ3) is 1.87. The van der Waals surface area contributed by atoms with Crippen LogP contribution in [0, 0.1) is 0 Å². The highest BCUT2D eigenvalue weighted by Gasteiger charge is 2.03. The minimum atomic E-state index is 0.679. The molecule has 3 aromatic rings. The highest BCUT2D eigenvalue weighted by Crippen LogP contribution is 2.25. The first kappa shape index (κ1) is 10.2. The standard InChI is InChI=1S/C14H9ClN2/c15-12-3-1-2-11-4-5-13(17-14(11)12)10-6-8-16-9-7-10/h1-9H. The molecule has 2 heterocycles. The van der Waals surface area contributed by atoms with E-state index in [4.69, 9.17) is 11.6 Å². The monoisotopic (exact) mass is 240 g/mol. The van der Waals surface area contributed by atoms with Gasteiger partial charge in [-0.1, -0.05) is 29.8 Å². The summed E-state index contributed by atoms with van der Waals surface area (Å²) < 4.78 is 0. The van der Waals surface area contributed by atoms with E-state index in [1.807, 2.05) is 42.5 Å². The summed E-state index contributed by atoms with van der Waals surface area (Å²) in [6, 6.07) is 13.7. The van der Waals surface area contributed by atoms with Crippen LogP contribution in [0.25, 0.3) is 22.2 Å². The average molecular weight is 241 g/mol. The molecule has 0 N–H and O–H groups in total. The topological polar surface area (TPSA) is 25.8 Å². The smallest absolute Gasteiger partial charge is 0.0895 e. The number of fused-ring (bicyclic) bond motifs is 1. The van der Waals surface area contributed by atoms with E-state index < -0.39 is 0 Å². The van der Waals surface area contributed by atoms with Crippen molar-refractivity contribution in [1.82, 2.24) is 9.97 Å². The van der Waals surface area contributed by atoms with E-state index in [2.05, 4.69) is 9.97 Å². The van der Waals surface area contributed by atoms with Crippen molar-refractivity contribution in [3.63, 3.8) is 0 Å². The van der Waals surface area contributed by atoms with Gasteiger partial charge in [0.2, 0.25) is 0 Å². The van der Waals surface area contributed by atoms with Crippen molar-refractivity contribution < 1.29 is 0 Å². The predicted molar refractivity (Wildman–Crippen MR) is 70.0 cm³/mol. The van der Waals surface area contributed by atoms with Crippen molar-refractivity contribution in [2.75, 3.05) is 0 Å². The van der Waals surface area contributed by atoms with Crippen LogP contribution in [-0.2, 0) is 0 Å². The zero-order valence-electron chi connectivity index (χ0n) is 8.97. The van der Waals surface area contributed by atoms with E-state index >= 15 is 0 Å². The minimum Gasteiger partial charge on any atom is -0.265 e. The minimum absolute atomic E-state index is 0.679. The number of halogens is 1. The van der Waals surface area contributed by atoms with E-state index in [0.717, 1.165) is 22.2 Å². The van der Waals surface area contributed by atoms with Crippen LogP contribution in [0.4, 0.5) is 0 Å². The molecule has 0 aliphatic heterocycles. The summed E-state index contributed by atoms with van der Waals surface area (Å²) >= 11 is 6.14. The van der Waals surface area contributed by atoms with Gasteiger partial charge >= 0.3 is 0 Å². The Bertz CT molecular complexity index is 665. The molecule has 0 saturated heterocycles. The molecule has 1 aromatic carbocycles. The molecular formula is C14H9ClN2. The van der Waals surface area contributed by atoms with Gasteiger partial charge in [0, 0.05) is 23.3 Å². The molecule has 0 aliphatic rings. The number of rotatable bonds is 1. The first-order valence-electron chi connectivity index (χ1n) is 5.30. The van der Waals surface area contributed by atoms with E-state index in [9.17, 15) is 0 Å². The molecule has 0 radical (unpaired) electrons. The van der Waals surface area contributed by atoms with E-state index in [-0.39, 0.29) is 0 Å². The Kier molecular flexibility index (Phi) is 2.50. The Morgan fingerprint density at radius 3 is 2.53 bits per heavy atom. The molecule has 3 rings (SSSR count). The van der Waals surface area contributed by atoms with Gasteiger partial charge in [0.1, 0.15) is 0 Å². The second-order valence-electron chi connectivity index (χ2n) is 3.74. The van der Waals surface area contributed by atoms with Crippen molar-refractivity contribution in [2.24, 2.45) is 0 Å². The van der Waals surface area contributed by atoms with E-state index in [1.165, 1.54) is 0 Å². The Balaban J connectivity index is 2.23. The zero-order valence-corrected chi connectivity index (χ0v) is 9.72. The number of benzene rings is 1. The fraction of sp³-hybridized carbons (Fsp3) is 0. The van der Waals surface area contributed by atoms with Crippen LogP contribution in [-0.4, -0.2) is 9.97 Å². The largest absolute Gasteiger partial charge is 0.265 e. The summed E-state index contributed by atoms with van der Waals surface area (Å²) in [4.78, 5) is 8.58. The predicted octanol–water partition coefficient (Wildman–Crippen LogP) is 3.95. The van der Waals surface area contributed by atoms with Gasteiger partial charge in [-0.3, -0.25) is 4.98 Å². The maximum Gasteiger partial charge on any atom is 0.0895 e. The number of hydrogen-bond donors (Lipinski definition) is 0. The SMILES string of the molecule is Clc1cccc2ccc(-c3ccncc3)nc12. The fourth-order valence-electron chi connectivity index (χ4n) is 1.79. The summed E-state index contributed by atoms with van der Waals surface area (Å²) in [5.74, 6) is 0. The number of pyridine rings is 2. The van der Waals surface area contributed by atoms with Crippen LogP contribution < -0.4 is 0 Å². The zero-order chi connectivity index (χ0) is 11.7. The van der Waals surface area contributed by atoms with Crippen LogP contribution in [0.3, 0.4) is 0 Å². The number of para-hydroxylation sites is 1. The highest BCUT2D eigenvalue weighted by atomic mass is 35.5. The maximum atomic E-state index is 6.14. The van der Waals surface area contributed by atoms with Crippen LogP contribution in [0.15, 0.2) is 54.9 Å². The molecule has 2 nitrogen and oxygen atoms in total. The molecule has 17 heavy (non-hydrogen) atoms. The Hall–Kier alpha value is -1.93. The van der Waals surface area contributed by atoms with Gasteiger partial charge in [-0.25, -0.2) is 4.98 Å². The molecule has 0 spiro atoms. The second kappa shape index (κ2) is 4.15. The molecule has 0 unspecified atom stereocenters. The lowest BCUT2D eigenvalue weighted by atomic mass is 10.1. The molecule has 0 atom stereocenters. The lowest BCUT2D eigenvalue weighted by Crippen LogP contribution is -1.86. The maximum absolute atomic E-state index is 6.14. The first-order chi connectivity index (χ1) is 8.34. The number of hydrogen-bond acceptors (Lipinski definition) is 2. The van der Waals surface area contributed by atoms with Gasteiger partial charge in [-0.2, -0.15) is 0 Å². The molecule has 82 valence electrons. The van der Waals surface area contributed by atoms with Crippen LogP contribution in [0.1, 0.15) is 0 Å². The second-order valence-corrected chi connectivity index (χ2v) is 4.15. The van der Waals surface area contributed by atoms with Gasteiger partial charge in [-0.05, 0) is 24.3 Å². The summed E-state index contributed by atoms with van der Waals surface area (Å²) in [7, 11) is 0. The Labute approximate surface area is 104 Å². The first-order valence-corrected chi connectivity index (χ1v) is 5.68. The van der Waals surface area contributed by atoms with Crippen LogP contribution in [0.2, 0.25) is 5.02 Å². The van der Waals surface area contributed by atoms with Crippen molar-refractivity contribution in [1.29, 1.82) is 0 Å². The van der Waals surface area contributed by atoms with Crippen molar-refractivity contribution in [3.8, 4) is 11.3 Å². The molecule has 0 fully saturated rings. The molecular weight excluding hydrogens is 232 g/mol. The van der Waals surface area contributed by atoms with Gasteiger partial charge in [0.15, 0.2) is 0 Å². The summed E-state index contributed by atoms with van der Waals surface area (Å²) in [5, 5.41) is 1.73. The average Bonchev–Trinajstić information content (AvgIpc) is 2.40. The van der Waals surface area contributed by atoms with E-state index in [0.29, 0.717) is 5.02 Å². The molecule has 0 aliphatic carbocycles. The number of nitrogens with zero attached hydrogens (tertiary/aromatic N) is 2. The lowest BCUT2D eigenvalue weighted by molar-refractivity contribution is 1.31. The number of aromatic nitrogens is 2. The molecule has 2 aromatic heterocycles. The van der Waals surface area contributed by atoms with Gasteiger partial charge in [-0.15, -0.1) is 0 Å². The normalized spacial score (nSPS) is 10.6. The van der Waals surface area contributed by atoms with E-state index in [1.54, 1.807) is 12.4 Å². The molecule has 0 bridgehead atoms. The Morgan fingerprint density at radius 1 is 0.882 bits per heavy atom. The molecule has 0 saturated carbocycles. The molecule has 3 heteroatoms. The van der Waals surface area contributed by atoms with Crippen molar-refractivity contribution >= 4 is 22.5 Å². The molecule has 0 amide bonds. The lowest BCUT2D eigenvalue weighted by Gasteiger charge is -2.04. The fourth-order valence-corrected chi connectivity index (χ4v) is 2.02. The quantitative estimate of drug-likeness (QED) is 0.644. The highest BCUT2D eigenvalue weighted by molar-refractivity contribution is 6.35.